The third kappa shape index (κ3) is 4.50. The number of hydrogen-bond acceptors (Lipinski definition) is 5. The molecule has 0 aliphatic heterocycles. The number of benzene rings is 1. The van der Waals surface area contributed by atoms with Crippen molar-refractivity contribution in [2.24, 2.45) is 0 Å². The van der Waals surface area contributed by atoms with Gasteiger partial charge in [-0.25, -0.2) is 0 Å². The van der Waals surface area contributed by atoms with E-state index in [0.29, 0.717) is 18.9 Å². The van der Waals surface area contributed by atoms with E-state index in [1.165, 1.54) is 12.8 Å². The molecular formula is C20H26N2O3. The van der Waals surface area contributed by atoms with Crippen LogP contribution in [0.15, 0.2) is 42.7 Å². The van der Waals surface area contributed by atoms with Gasteiger partial charge in [-0.3, -0.25) is 4.98 Å². The average Bonchev–Trinajstić information content (AvgIpc) is 3.15. The molecule has 1 aromatic heterocycles. The highest BCUT2D eigenvalue weighted by Crippen LogP contribution is 2.31. The van der Waals surface area contributed by atoms with E-state index >= 15 is 0 Å². The second kappa shape index (κ2) is 8.32. The highest BCUT2D eigenvalue weighted by atomic mass is 16.5. The quantitative estimate of drug-likeness (QED) is 0.772. The lowest BCUT2D eigenvalue weighted by molar-refractivity contribution is 0.163. The maximum absolute atomic E-state index is 9.73. The monoisotopic (exact) mass is 342 g/mol. The third-order valence-electron chi connectivity index (χ3n) is 4.88. The Morgan fingerprint density at radius 3 is 2.68 bits per heavy atom. The highest BCUT2D eigenvalue weighted by molar-refractivity contribution is 5.43. The second-order valence-electron chi connectivity index (χ2n) is 6.63. The molecule has 0 saturated heterocycles. The Morgan fingerprint density at radius 1 is 1.16 bits per heavy atom. The van der Waals surface area contributed by atoms with Crippen LogP contribution in [0.1, 0.15) is 36.8 Å². The van der Waals surface area contributed by atoms with Gasteiger partial charge in [-0.2, -0.15) is 0 Å². The molecule has 0 unspecified atom stereocenters. The molecule has 25 heavy (non-hydrogen) atoms. The smallest absolute Gasteiger partial charge is 0.161 e. The molecule has 2 aromatic rings. The molecule has 1 heterocycles. The van der Waals surface area contributed by atoms with Crippen molar-refractivity contribution in [3.05, 3.63) is 53.9 Å². The lowest BCUT2D eigenvalue weighted by atomic mass is 9.98. The number of aromatic nitrogens is 1. The summed E-state index contributed by atoms with van der Waals surface area (Å²) in [6.07, 6.45) is 7.96. The number of nitrogens with one attached hydrogen (secondary N) is 1. The molecule has 2 N–H and O–H groups in total. The Labute approximate surface area is 149 Å². The molecule has 5 nitrogen and oxygen atoms in total. The van der Waals surface area contributed by atoms with Crippen LogP contribution in [-0.4, -0.2) is 29.3 Å². The van der Waals surface area contributed by atoms with Gasteiger partial charge in [0.05, 0.1) is 13.7 Å². The van der Waals surface area contributed by atoms with E-state index in [4.69, 9.17) is 9.47 Å². The summed E-state index contributed by atoms with van der Waals surface area (Å²) >= 11 is 0. The highest BCUT2D eigenvalue weighted by Gasteiger charge is 2.32. The standard InChI is InChI=1S/C20H26N2O3/c1-24-18-7-6-16(13-22-20(15-23)8-2-3-9-20)11-19(18)25-14-17-5-4-10-21-12-17/h4-7,10-12,22-23H,2-3,8-9,13-15H2,1H3. The number of pyridine rings is 1. The van der Waals surface area contributed by atoms with E-state index in [0.717, 1.165) is 29.7 Å². The minimum Gasteiger partial charge on any atom is -0.493 e. The lowest BCUT2D eigenvalue weighted by Crippen LogP contribution is -2.45. The minimum absolute atomic E-state index is 0.128. The van der Waals surface area contributed by atoms with Gasteiger partial charge in [0.25, 0.3) is 0 Å². The summed E-state index contributed by atoms with van der Waals surface area (Å²) in [5.74, 6) is 1.43. The van der Waals surface area contributed by atoms with Crippen molar-refractivity contribution in [1.82, 2.24) is 10.3 Å². The van der Waals surface area contributed by atoms with E-state index < -0.39 is 0 Å². The molecule has 1 aromatic carbocycles. The molecule has 3 rings (SSSR count). The number of rotatable bonds is 8. The Hall–Kier alpha value is -2.11. The van der Waals surface area contributed by atoms with Crippen molar-refractivity contribution in [3.63, 3.8) is 0 Å². The van der Waals surface area contributed by atoms with Crippen LogP contribution in [-0.2, 0) is 13.2 Å². The zero-order valence-corrected chi connectivity index (χ0v) is 14.7. The van der Waals surface area contributed by atoms with E-state index in [1.54, 1.807) is 19.5 Å². The Kier molecular flexibility index (Phi) is 5.89. The summed E-state index contributed by atoms with van der Waals surface area (Å²) in [6.45, 7) is 1.34. The number of hydrogen-bond donors (Lipinski definition) is 2. The topological polar surface area (TPSA) is 63.6 Å². The van der Waals surface area contributed by atoms with Crippen molar-refractivity contribution in [2.45, 2.75) is 44.4 Å². The van der Waals surface area contributed by atoms with Crippen molar-refractivity contribution in [2.75, 3.05) is 13.7 Å². The second-order valence-corrected chi connectivity index (χ2v) is 6.63. The van der Waals surface area contributed by atoms with Gasteiger partial charge in [-0.1, -0.05) is 25.0 Å². The molecule has 0 spiro atoms. The average molecular weight is 342 g/mol. The van der Waals surface area contributed by atoms with Crippen LogP contribution in [0.3, 0.4) is 0 Å². The molecule has 1 saturated carbocycles. The number of nitrogens with zero attached hydrogens (tertiary/aromatic N) is 1. The molecule has 0 bridgehead atoms. The van der Waals surface area contributed by atoms with Gasteiger partial charge in [0.15, 0.2) is 11.5 Å². The van der Waals surface area contributed by atoms with Crippen molar-refractivity contribution >= 4 is 0 Å². The maximum Gasteiger partial charge on any atom is 0.161 e. The zero-order valence-electron chi connectivity index (χ0n) is 14.7. The molecule has 5 heteroatoms. The largest absolute Gasteiger partial charge is 0.493 e. The van der Waals surface area contributed by atoms with Gasteiger partial charge in [-0.05, 0) is 36.6 Å². The van der Waals surface area contributed by atoms with Crippen LogP contribution in [0.4, 0.5) is 0 Å². The molecule has 0 radical (unpaired) electrons. The summed E-state index contributed by atoms with van der Waals surface area (Å²) in [6, 6.07) is 9.84. The van der Waals surface area contributed by atoms with Crippen LogP contribution in [0, 0.1) is 0 Å². The maximum atomic E-state index is 9.73. The predicted molar refractivity (Wildman–Crippen MR) is 96.7 cm³/mol. The fraction of sp³-hybridized carbons (Fsp3) is 0.450. The summed E-state index contributed by atoms with van der Waals surface area (Å²) in [5, 5.41) is 13.3. The molecule has 1 fully saturated rings. The lowest BCUT2D eigenvalue weighted by Gasteiger charge is -2.28. The summed E-state index contributed by atoms with van der Waals surface area (Å²) < 4.78 is 11.3. The van der Waals surface area contributed by atoms with E-state index in [9.17, 15) is 5.11 Å². The summed E-state index contributed by atoms with van der Waals surface area (Å²) in [5.41, 5.74) is 2.00. The van der Waals surface area contributed by atoms with Crippen LogP contribution < -0.4 is 14.8 Å². The van der Waals surface area contributed by atoms with E-state index in [2.05, 4.69) is 10.3 Å². The predicted octanol–water partition coefficient (Wildman–Crippen LogP) is 3.06. The summed E-state index contributed by atoms with van der Waals surface area (Å²) in [4.78, 5) is 4.10. The molecular weight excluding hydrogens is 316 g/mol. The third-order valence-corrected chi connectivity index (χ3v) is 4.88. The Morgan fingerprint density at radius 2 is 2.00 bits per heavy atom. The van der Waals surface area contributed by atoms with Crippen molar-refractivity contribution in [3.8, 4) is 11.5 Å². The summed E-state index contributed by atoms with van der Waals surface area (Å²) in [7, 11) is 1.64. The van der Waals surface area contributed by atoms with Crippen molar-refractivity contribution < 1.29 is 14.6 Å². The first-order valence-electron chi connectivity index (χ1n) is 8.79. The van der Waals surface area contributed by atoms with Crippen LogP contribution >= 0.6 is 0 Å². The van der Waals surface area contributed by atoms with Crippen LogP contribution in [0.2, 0.25) is 0 Å². The number of aliphatic hydroxyl groups excluding tert-OH is 1. The molecule has 1 aliphatic carbocycles. The van der Waals surface area contributed by atoms with E-state index in [-0.39, 0.29) is 12.1 Å². The Balaban J connectivity index is 1.66. The fourth-order valence-electron chi connectivity index (χ4n) is 3.32. The first-order valence-corrected chi connectivity index (χ1v) is 8.79. The van der Waals surface area contributed by atoms with Gasteiger partial charge >= 0.3 is 0 Å². The van der Waals surface area contributed by atoms with Gasteiger partial charge in [0.1, 0.15) is 6.61 Å². The first kappa shape index (κ1) is 17.7. The van der Waals surface area contributed by atoms with Crippen LogP contribution in [0.25, 0.3) is 0 Å². The number of aliphatic hydroxyl groups is 1. The van der Waals surface area contributed by atoms with Crippen LogP contribution in [0.5, 0.6) is 11.5 Å². The minimum atomic E-state index is -0.128. The zero-order chi connectivity index (χ0) is 17.5. The van der Waals surface area contributed by atoms with Crippen molar-refractivity contribution in [1.29, 1.82) is 0 Å². The van der Waals surface area contributed by atoms with Gasteiger partial charge in [0.2, 0.25) is 0 Å². The van der Waals surface area contributed by atoms with E-state index in [1.807, 2.05) is 30.3 Å². The molecule has 0 atom stereocenters. The Bertz CT molecular complexity index is 670. The first-order chi connectivity index (χ1) is 12.2. The number of ether oxygens (including phenoxy) is 2. The fourth-order valence-corrected chi connectivity index (χ4v) is 3.32. The SMILES string of the molecule is COc1ccc(CNC2(CO)CCCC2)cc1OCc1cccnc1. The van der Waals surface area contributed by atoms with Gasteiger partial charge in [-0.15, -0.1) is 0 Å². The van der Waals surface area contributed by atoms with Gasteiger partial charge in [0, 0.05) is 30.0 Å². The molecule has 134 valence electrons. The number of methoxy groups -OCH3 is 1. The normalized spacial score (nSPS) is 15.9. The van der Waals surface area contributed by atoms with Gasteiger partial charge < -0.3 is 19.9 Å². The molecule has 0 amide bonds. The molecule has 1 aliphatic rings.